The molecule has 2 heterocycles. The average Bonchev–Trinajstić information content (AvgIpc) is 2.59. The summed E-state index contributed by atoms with van der Waals surface area (Å²) in [5.74, 6) is 0. The molecule has 1 saturated heterocycles. The fourth-order valence-corrected chi connectivity index (χ4v) is 4.98. The molecule has 2 rings (SSSR count). The lowest BCUT2D eigenvalue weighted by Crippen LogP contribution is -2.47. The Kier molecular flexibility index (Phi) is 3.58. The molecule has 0 N–H and O–H groups in total. The quantitative estimate of drug-likeness (QED) is 0.816. The minimum absolute atomic E-state index is 0.490. The van der Waals surface area contributed by atoms with Crippen molar-refractivity contribution in [3.8, 4) is 0 Å². The van der Waals surface area contributed by atoms with E-state index in [1.807, 2.05) is 20.9 Å². The van der Waals surface area contributed by atoms with Crippen molar-refractivity contribution < 1.29 is 8.42 Å². The van der Waals surface area contributed by atoms with E-state index in [9.17, 15) is 8.42 Å². The number of likely N-dealkylation sites (N-methyl/N-ethyl adjacent to an activating group) is 1. The number of rotatable bonds is 2. The minimum Gasteiger partial charge on any atom is -0.304 e. The number of hydrogen-bond donors (Lipinski definition) is 0. The molecule has 0 aliphatic carbocycles. The van der Waals surface area contributed by atoms with E-state index < -0.39 is 10.0 Å². The van der Waals surface area contributed by atoms with E-state index in [4.69, 9.17) is 0 Å². The van der Waals surface area contributed by atoms with Crippen LogP contribution in [0, 0.1) is 13.8 Å². The lowest BCUT2D eigenvalue weighted by atomic mass is 10.4. The summed E-state index contributed by atoms with van der Waals surface area (Å²) in [5, 5.41) is 0. The molecule has 6 heteroatoms. The topological polar surface area (TPSA) is 40.6 Å². The molecule has 1 fully saturated rings. The molecule has 0 saturated carbocycles. The second-order valence-electron chi connectivity index (χ2n) is 4.48. The van der Waals surface area contributed by atoms with Crippen LogP contribution in [0.4, 0.5) is 0 Å². The first-order valence-corrected chi connectivity index (χ1v) is 7.92. The van der Waals surface area contributed by atoms with E-state index in [-0.39, 0.29) is 0 Å². The highest BCUT2D eigenvalue weighted by Gasteiger charge is 2.29. The van der Waals surface area contributed by atoms with Crippen LogP contribution in [0.1, 0.15) is 9.75 Å². The number of nitrogens with zero attached hydrogens (tertiary/aromatic N) is 2. The van der Waals surface area contributed by atoms with Gasteiger partial charge in [-0.1, -0.05) is 0 Å². The Bertz CT molecular complexity index is 500. The molecular formula is C11H18N2O2S2. The van der Waals surface area contributed by atoms with Crippen molar-refractivity contribution in [1.29, 1.82) is 0 Å². The van der Waals surface area contributed by atoms with E-state index in [2.05, 4.69) is 4.90 Å². The van der Waals surface area contributed by atoms with E-state index in [1.54, 1.807) is 21.7 Å². The summed E-state index contributed by atoms with van der Waals surface area (Å²) in [6.07, 6.45) is 0. The van der Waals surface area contributed by atoms with E-state index >= 15 is 0 Å². The van der Waals surface area contributed by atoms with Gasteiger partial charge in [-0.05, 0) is 27.0 Å². The van der Waals surface area contributed by atoms with Gasteiger partial charge in [-0.25, -0.2) is 8.42 Å². The van der Waals surface area contributed by atoms with Crippen LogP contribution in [-0.2, 0) is 10.0 Å². The van der Waals surface area contributed by atoms with Gasteiger partial charge < -0.3 is 4.90 Å². The highest BCUT2D eigenvalue weighted by molar-refractivity contribution is 7.89. The van der Waals surface area contributed by atoms with Gasteiger partial charge in [-0.3, -0.25) is 0 Å². The van der Waals surface area contributed by atoms with Gasteiger partial charge in [-0.2, -0.15) is 4.31 Å². The zero-order valence-corrected chi connectivity index (χ0v) is 12.1. The molecule has 0 spiro atoms. The highest BCUT2D eigenvalue weighted by Crippen LogP contribution is 2.27. The zero-order valence-electron chi connectivity index (χ0n) is 10.4. The Morgan fingerprint density at radius 2 is 1.76 bits per heavy atom. The largest absolute Gasteiger partial charge is 0.304 e. The van der Waals surface area contributed by atoms with Gasteiger partial charge in [0.25, 0.3) is 0 Å². The van der Waals surface area contributed by atoms with Crippen molar-refractivity contribution in [2.45, 2.75) is 18.7 Å². The number of piperazine rings is 1. The van der Waals surface area contributed by atoms with Crippen LogP contribution < -0.4 is 0 Å². The number of aryl methyl sites for hydroxylation is 2. The number of thiophene rings is 1. The van der Waals surface area contributed by atoms with E-state index in [0.29, 0.717) is 18.0 Å². The second-order valence-corrected chi connectivity index (χ2v) is 7.85. The van der Waals surface area contributed by atoms with Crippen LogP contribution in [0.2, 0.25) is 0 Å². The third kappa shape index (κ3) is 2.54. The standard InChI is InChI=1S/C11H18N2O2S2/c1-9-8-11(10(2)16-9)17(14,15)13-6-4-12(3)5-7-13/h8H,4-7H2,1-3H3. The van der Waals surface area contributed by atoms with Crippen LogP contribution in [0.5, 0.6) is 0 Å². The van der Waals surface area contributed by atoms with Gasteiger partial charge in [0, 0.05) is 35.9 Å². The summed E-state index contributed by atoms with van der Waals surface area (Å²) >= 11 is 1.54. The van der Waals surface area contributed by atoms with Crippen molar-refractivity contribution >= 4 is 21.4 Å². The Morgan fingerprint density at radius 3 is 2.24 bits per heavy atom. The molecule has 17 heavy (non-hydrogen) atoms. The van der Waals surface area contributed by atoms with Gasteiger partial charge in [0.15, 0.2) is 0 Å². The van der Waals surface area contributed by atoms with Crippen LogP contribution in [0.15, 0.2) is 11.0 Å². The Labute approximate surface area is 107 Å². The Hall–Kier alpha value is -0.430. The van der Waals surface area contributed by atoms with Gasteiger partial charge in [0.1, 0.15) is 0 Å². The molecule has 96 valence electrons. The molecular weight excluding hydrogens is 256 g/mol. The third-order valence-electron chi connectivity index (χ3n) is 3.08. The number of hydrogen-bond acceptors (Lipinski definition) is 4. The van der Waals surface area contributed by atoms with Crippen molar-refractivity contribution in [1.82, 2.24) is 9.21 Å². The highest BCUT2D eigenvalue weighted by atomic mass is 32.2. The molecule has 1 aliphatic heterocycles. The van der Waals surface area contributed by atoms with Crippen molar-refractivity contribution in [3.63, 3.8) is 0 Å². The molecule has 0 aromatic carbocycles. The zero-order chi connectivity index (χ0) is 12.6. The summed E-state index contributed by atoms with van der Waals surface area (Å²) in [4.78, 5) is 4.58. The summed E-state index contributed by atoms with van der Waals surface area (Å²) in [6.45, 7) is 6.62. The third-order valence-corrected chi connectivity index (χ3v) is 6.20. The van der Waals surface area contributed by atoms with E-state index in [1.165, 1.54) is 0 Å². The van der Waals surface area contributed by atoms with Gasteiger partial charge in [0.2, 0.25) is 10.0 Å². The minimum atomic E-state index is -3.28. The molecule has 0 atom stereocenters. The molecule has 0 bridgehead atoms. The summed E-state index contributed by atoms with van der Waals surface area (Å²) in [7, 11) is -1.26. The molecule has 1 aliphatic rings. The smallest absolute Gasteiger partial charge is 0.244 e. The van der Waals surface area contributed by atoms with Crippen LogP contribution in [0.3, 0.4) is 0 Å². The van der Waals surface area contributed by atoms with Crippen LogP contribution >= 0.6 is 11.3 Å². The first-order chi connectivity index (χ1) is 7.91. The van der Waals surface area contributed by atoms with Gasteiger partial charge in [-0.15, -0.1) is 11.3 Å². The molecule has 0 amide bonds. The van der Waals surface area contributed by atoms with Crippen molar-refractivity contribution in [2.24, 2.45) is 0 Å². The summed E-state index contributed by atoms with van der Waals surface area (Å²) < 4.78 is 26.5. The lowest BCUT2D eigenvalue weighted by molar-refractivity contribution is 0.222. The second kappa shape index (κ2) is 4.68. The first-order valence-electron chi connectivity index (χ1n) is 5.67. The van der Waals surface area contributed by atoms with Crippen LogP contribution in [-0.4, -0.2) is 50.8 Å². The average molecular weight is 274 g/mol. The molecule has 1 aromatic heterocycles. The molecule has 4 nitrogen and oxygen atoms in total. The maximum atomic E-state index is 12.4. The number of sulfonamides is 1. The normalized spacial score (nSPS) is 19.7. The van der Waals surface area contributed by atoms with Gasteiger partial charge >= 0.3 is 0 Å². The Morgan fingerprint density at radius 1 is 1.18 bits per heavy atom. The fraction of sp³-hybridized carbons (Fsp3) is 0.636. The monoisotopic (exact) mass is 274 g/mol. The maximum Gasteiger partial charge on any atom is 0.244 e. The maximum absolute atomic E-state index is 12.4. The predicted octanol–water partition coefficient (Wildman–Crippen LogP) is 1.30. The van der Waals surface area contributed by atoms with Gasteiger partial charge in [0.05, 0.1) is 4.90 Å². The predicted molar refractivity (Wildman–Crippen MR) is 70.0 cm³/mol. The SMILES string of the molecule is Cc1cc(S(=O)(=O)N2CCN(C)CC2)c(C)s1. The Balaban J connectivity index is 2.28. The van der Waals surface area contributed by atoms with E-state index in [0.717, 1.165) is 22.8 Å². The van der Waals surface area contributed by atoms with Crippen molar-refractivity contribution in [3.05, 3.63) is 15.8 Å². The summed E-state index contributed by atoms with van der Waals surface area (Å²) in [6, 6.07) is 1.79. The molecule has 1 aromatic rings. The molecule has 0 radical (unpaired) electrons. The summed E-state index contributed by atoms with van der Waals surface area (Å²) in [5.41, 5.74) is 0. The fourth-order valence-electron chi connectivity index (χ4n) is 2.03. The first kappa shape index (κ1) is 13.0. The molecule has 0 unspecified atom stereocenters. The van der Waals surface area contributed by atoms with Crippen molar-refractivity contribution in [2.75, 3.05) is 33.2 Å². The lowest BCUT2D eigenvalue weighted by Gasteiger charge is -2.31. The van der Waals surface area contributed by atoms with Crippen LogP contribution in [0.25, 0.3) is 0 Å².